The summed E-state index contributed by atoms with van der Waals surface area (Å²) >= 11 is 5.87. The van der Waals surface area contributed by atoms with Crippen LogP contribution in [0.4, 0.5) is 0 Å². The molecule has 0 saturated heterocycles. The van der Waals surface area contributed by atoms with Gasteiger partial charge >= 0.3 is 0 Å². The maximum Gasteiger partial charge on any atom is 0.148 e. The predicted molar refractivity (Wildman–Crippen MR) is 80.2 cm³/mol. The van der Waals surface area contributed by atoms with E-state index in [0.29, 0.717) is 11.6 Å². The molecule has 0 radical (unpaired) electrons. The lowest BCUT2D eigenvalue weighted by Gasteiger charge is -2.31. The minimum absolute atomic E-state index is 0.0287. The molecule has 0 bridgehead atoms. The summed E-state index contributed by atoms with van der Waals surface area (Å²) in [5.74, 6) is 0.125. The van der Waals surface area contributed by atoms with Gasteiger partial charge in [-0.15, -0.1) is 0 Å². The molecule has 0 saturated carbocycles. The van der Waals surface area contributed by atoms with E-state index in [4.69, 9.17) is 17.3 Å². The summed E-state index contributed by atoms with van der Waals surface area (Å²) in [7, 11) is -1.09. The molecule has 6 heteroatoms. The molecule has 1 rings (SSSR count). The average Bonchev–Trinajstić information content (AvgIpc) is 2.28. The number of nitrogens with two attached hydrogens (primary N) is 1. The van der Waals surface area contributed by atoms with E-state index in [1.807, 2.05) is 43.1 Å². The van der Waals surface area contributed by atoms with E-state index in [1.54, 1.807) is 0 Å². The van der Waals surface area contributed by atoms with Crippen molar-refractivity contribution in [1.82, 2.24) is 4.90 Å². The molecule has 2 unspecified atom stereocenters. The van der Waals surface area contributed by atoms with Crippen LogP contribution in [0.3, 0.4) is 0 Å². The largest absolute Gasteiger partial charge is 0.326 e. The summed E-state index contributed by atoms with van der Waals surface area (Å²) in [5.41, 5.74) is 7.06. The number of nitrogens with zero attached hydrogens (tertiary/aromatic N) is 1. The van der Waals surface area contributed by atoms with Gasteiger partial charge < -0.3 is 5.73 Å². The van der Waals surface area contributed by atoms with Gasteiger partial charge in [-0.25, -0.2) is 8.42 Å². The second-order valence-electron chi connectivity index (χ2n) is 4.97. The van der Waals surface area contributed by atoms with Crippen molar-refractivity contribution in [3.8, 4) is 0 Å². The smallest absolute Gasteiger partial charge is 0.148 e. The molecule has 0 heterocycles. The van der Waals surface area contributed by atoms with Crippen LogP contribution in [-0.4, -0.2) is 45.0 Å². The predicted octanol–water partition coefficient (Wildman–Crippen LogP) is 1.70. The lowest BCUT2D eigenvalue weighted by Crippen LogP contribution is -2.39. The summed E-state index contributed by atoms with van der Waals surface area (Å²) in [6.45, 7) is 2.36. The first kappa shape index (κ1) is 16.4. The van der Waals surface area contributed by atoms with Crippen molar-refractivity contribution < 1.29 is 8.42 Å². The highest BCUT2D eigenvalue weighted by Gasteiger charge is 2.21. The van der Waals surface area contributed by atoms with Crippen molar-refractivity contribution >= 4 is 21.4 Å². The first-order chi connectivity index (χ1) is 8.70. The lowest BCUT2D eigenvalue weighted by molar-refractivity contribution is 0.231. The van der Waals surface area contributed by atoms with Gasteiger partial charge in [0.25, 0.3) is 0 Å². The SMILES string of the molecule is CC(N)C(c1ccc(Cl)cc1)N(C)CCS(C)(=O)=O. The zero-order valence-electron chi connectivity index (χ0n) is 11.5. The van der Waals surface area contributed by atoms with Gasteiger partial charge in [-0.2, -0.15) is 0 Å². The van der Waals surface area contributed by atoms with E-state index < -0.39 is 9.84 Å². The minimum Gasteiger partial charge on any atom is -0.326 e. The summed E-state index contributed by atoms with van der Waals surface area (Å²) in [6.07, 6.45) is 1.24. The second-order valence-corrected chi connectivity index (χ2v) is 7.66. The van der Waals surface area contributed by atoms with Crippen LogP contribution >= 0.6 is 11.6 Å². The molecular weight excluding hydrogens is 284 g/mol. The molecule has 1 aromatic carbocycles. The Balaban J connectivity index is 2.85. The van der Waals surface area contributed by atoms with Gasteiger partial charge in [0.05, 0.1) is 5.75 Å². The molecule has 2 N–H and O–H groups in total. The Morgan fingerprint density at radius 2 is 1.84 bits per heavy atom. The zero-order valence-corrected chi connectivity index (χ0v) is 13.1. The molecule has 0 aromatic heterocycles. The van der Waals surface area contributed by atoms with Crippen molar-refractivity contribution in [3.63, 3.8) is 0 Å². The van der Waals surface area contributed by atoms with Gasteiger partial charge in [0.15, 0.2) is 0 Å². The molecular formula is C13H21ClN2O2S. The Bertz CT molecular complexity index is 500. The van der Waals surface area contributed by atoms with E-state index in [9.17, 15) is 8.42 Å². The third-order valence-electron chi connectivity index (χ3n) is 3.00. The molecule has 2 atom stereocenters. The second kappa shape index (κ2) is 6.70. The number of hydrogen-bond acceptors (Lipinski definition) is 4. The maximum atomic E-state index is 11.2. The van der Waals surface area contributed by atoms with Gasteiger partial charge in [0, 0.05) is 29.9 Å². The highest BCUT2D eigenvalue weighted by molar-refractivity contribution is 7.90. The van der Waals surface area contributed by atoms with Gasteiger partial charge in [0.2, 0.25) is 0 Å². The summed E-state index contributed by atoms with van der Waals surface area (Å²) < 4.78 is 22.5. The topological polar surface area (TPSA) is 63.4 Å². The number of likely N-dealkylation sites (N-methyl/N-ethyl adjacent to an activating group) is 1. The molecule has 4 nitrogen and oxygen atoms in total. The standard InChI is InChI=1S/C13H21ClN2O2S/c1-10(15)13(11-4-6-12(14)7-5-11)16(2)8-9-19(3,17)18/h4-7,10,13H,8-9,15H2,1-3H3. The highest BCUT2D eigenvalue weighted by Crippen LogP contribution is 2.23. The lowest BCUT2D eigenvalue weighted by atomic mass is 10.00. The monoisotopic (exact) mass is 304 g/mol. The molecule has 0 aliphatic heterocycles. The van der Waals surface area contributed by atoms with Gasteiger partial charge in [-0.05, 0) is 31.7 Å². The van der Waals surface area contributed by atoms with Crippen LogP contribution in [0.25, 0.3) is 0 Å². The first-order valence-electron chi connectivity index (χ1n) is 6.09. The minimum atomic E-state index is -2.97. The van der Waals surface area contributed by atoms with Crippen LogP contribution in [0.2, 0.25) is 5.02 Å². The molecule has 108 valence electrons. The normalized spacial score (nSPS) is 15.5. The molecule has 0 amide bonds. The summed E-state index contributed by atoms with van der Waals surface area (Å²) in [4.78, 5) is 1.97. The fourth-order valence-electron chi connectivity index (χ4n) is 2.07. The van der Waals surface area contributed by atoms with Crippen molar-refractivity contribution in [2.24, 2.45) is 5.73 Å². The molecule has 0 aliphatic carbocycles. The van der Waals surface area contributed by atoms with Crippen LogP contribution in [0.1, 0.15) is 18.5 Å². The fourth-order valence-corrected chi connectivity index (χ4v) is 2.81. The summed E-state index contributed by atoms with van der Waals surface area (Å²) in [6, 6.07) is 7.35. The number of sulfone groups is 1. The maximum absolute atomic E-state index is 11.2. The third kappa shape index (κ3) is 5.48. The molecule has 19 heavy (non-hydrogen) atoms. The van der Waals surface area contributed by atoms with E-state index in [-0.39, 0.29) is 17.8 Å². The average molecular weight is 305 g/mol. The highest BCUT2D eigenvalue weighted by atomic mass is 35.5. The zero-order chi connectivity index (χ0) is 14.6. The number of hydrogen-bond donors (Lipinski definition) is 1. The van der Waals surface area contributed by atoms with Crippen LogP contribution < -0.4 is 5.73 Å². The Morgan fingerprint density at radius 1 is 1.32 bits per heavy atom. The Hall–Kier alpha value is -0.620. The van der Waals surface area contributed by atoms with Crippen LogP contribution in [0, 0.1) is 0 Å². The quantitative estimate of drug-likeness (QED) is 0.869. The molecule has 1 aromatic rings. The molecule has 0 fully saturated rings. The first-order valence-corrected chi connectivity index (χ1v) is 8.53. The number of benzene rings is 1. The van der Waals surface area contributed by atoms with Crippen LogP contribution in [0.15, 0.2) is 24.3 Å². The Morgan fingerprint density at radius 3 is 2.26 bits per heavy atom. The number of halogens is 1. The Labute approximate surface area is 120 Å². The van der Waals surface area contributed by atoms with Gasteiger partial charge in [-0.3, -0.25) is 4.90 Å². The molecule has 0 aliphatic rings. The molecule has 0 spiro atoms. The van der Waals surface area contributed by atoms with Crippen LogP contribution in [-0.2, 0) is 9.84 Å². The van der Waals surface area contributed by atoms with E-state index >= 15 is 0 Å². The number of rotatable bonds is 6. The van der Waals surface area contributed by atoms with Gasteiger partial charge in [-0.1, -0.05) is 23.7 Å². The van der Waals surface area contributed by atoms with E-state index in [0.717, 1.165) is 5.56 Å². The van der Waals surface area contributed by atoms with Crippen molar-refractivity contribution in [1.29, 1.82) is 0 Å². The van der Waals surface area contributed by atoms with Gasteiger partial charge in [0.1, 0.15) is 9.84 Å². The van der Waals surface area contributed by atoms with Crippen LogP contribution in [0.5, 0.6) is 0 Å². The third-order valence-corrected chi connectivity index (χ3v) is 4.18. The van der Waals surface area contributed by atoms with Crippen molar-refractivity contribution in [3.05, 3.63) is 34.9 Å². The van der Waals surface area contributed by atoms with Crippen molar-refractivity contribution in [2.75, 3.05) is 25.6 Å². The summed E-state index contributed by atoms with van der Waals surface area (Å²) in [5, 5.41) is 0.672. The van der Waals surface area contributed by atoms with E-state index in [2.05, 4.69) is 0 Å². The van der Waals surface area contributed by atoms with Crippen molar-refractivity contribution in [2.45, 2.75) is 19.0 Å². The Kier molecular flexibility index (Phi) is 5.80. The fraction of sp³-hybridized carbons (Fsp3) is 0.538. The van der Waals surface area contributed by atoms with E-state index in [1.165, 1.54) is 6.26 Å².